The largest absolute Gasteiger partial charge is 0.106 e. The Labute approximate surface area is 254 Å². The molecular weight excluding hydrogens is 456 g/mol. The van der Waals surface area contributed by atoms with Gasteiger partial charge in [-0.2, -0.15) is 0 Å². The highest BCUT2D eigenvalue weighted by Crippen LogP contribution is 2.04. The van der Waals surface area contributed by atoms with Crippen LogP contribution in [-0.2, 0) is 0 Å². The molecule has 0 rings (SSSR count). The van der Waals surface area contributed by atoms with Crippen LogP contribution < -0.4 is 0 Å². The summed E-state index contributed by atoms with van der Waals surface area (Å²) < 4.78 is 0. The van der Waals surface area contributed by atoms with Gasteiger partial charge in [0.1, 0.15) is 0 Å². The molecule has 0 saturated heterocycles. The highest BCUT2D eigenvalue weighted by atomic mass is 13.9. The minimum absolute atomic E-state index is 0.833. The molecule has 0 aromatic carbocycles. The topological polar surface area (TPSA) is 0 Å². The Morgan fingerprint density at radius 3 is 0.658 bits per heavy atom. The molecule has 0 unspecified atom stereocenters. The van der Waals surface area contributed by atoms with E-state index in [9.17, 15) is 0 Å². The summed E-state index contributed by atoms with van der Waals surface area (Å²) in [6.07, 6.45) is 11.1. The summed E-state index contributed by atoms with van der Waals surface area (Å²) in [6, 6.07) is 0. The molecule has 0 aromatic heterocycles. The van der Waals surface area contributed by atoms with Gasteiger partial charge in [-0.25, -0.2) is 0 Å². The van der Waals surface area contributed by atoms with Crippen LogP contribution in [0.2, 0.25) is 0 Å². The van der Waals surface area contributed by atoms with Crippen LogP contribution in [0.1, 0.15) is 211 Å². The lowest BCUT2D eigenvalue weighted by Crippen LogP contribution is -1.83. The van der Waals surface area contributed by atoms with E-state index in [4.69, 9.17) is 0 Å². The molecule has 0 aromatic rings. The van der Waals surface area contributed by atoms with E-state index in [1.807, 2.05) is 76.2 Å². The number of allylic oxidation sites excluding steroid dienone is 1. The number of hydrogen-bond acceptors (Lipinski definition) is 0. The fourth-order valence-electron chi connectivity index (χ4n) is 1.19. The molecule has 0 aliphatic carbocycles. The van der Waals surface area contributed by atoms with Gasteiger partial charge in [0, 0.05) is 0 Å². The van der Waals surface area contributed by atoms with Gasteiger partial charge in [-0.1, -0.05) is 210 Å². The zero-order valence-electron chi connectivity index (χ0n) is 33.4. The van der Waals surface area contributed by atoms with Crippen molar-refractivity contribution in [3.8, 4) is 0 Å². The highest BCUT2D eigenvalue weighted by Gasteiger charge is 1.88. The molecule has 0 saturated carbocycles. The van der Waals surface area contributed by atoms with Crippen LogP contribution in [0, 0.1) is 17.8 Å². The Morgan fingerprint density at radius 2 is 0.632 bits per heavy atom. The maximum absolute atomic E-state index is 3.36. The zero-order chi connectivity index (χ0) is 34.4. The lowest BCUT2D eigenvalue weighted by Gasteiger charge is -1.98. The summed E-state index contributed by atoms with van der Waals surface area (Å²) in [5.74, 6) is 2.63. The molecule has 0 aliphatic rings. The Balaban J connectivity index is -0.0000000202. The maximum Gasteiger partial charge on any atom is -0.0471 e. The van der Waals surface area contributed by atoms with Gasteiger partial charge in [-0.15, -0.1) is 19.7 Å². The predicted octanol–water partition coefficient (Wildman–Crippen LogP) is 16.9. The minimum atomic E-state index is 0.833. The van der Waals surface area contributed by atoms with Crippen LogP contribution in [0.3, 0.4) is 0 Å². The lowest BCUT2D eigenvalue weighted by molar-refractivity contribution is 0.550. The van der Waals surface area contributed by atoms with Gasteiger partial charge in [0.15, 0.2) is 0 Å². The standard InChI is InChI=1S/C7H16.C6H14.C4H10.2C3H8.C3H6.5C2H6.C2H4/c1-4-5-6-7(2)3;1-4-5-6(2)3;1-4(2)3;3*1-3-2;6*1-2/h7H,4-6H2,1-3H3;6H,4-5H2,1-3H3;4H,1-3H3;2*3H2,1-2H3;3H,1H2,2H3;5*1-2H3;1-2H2. The van der Waals surface area contributed by atoms with Crippen molar-refractivity contribution in [1.82, 2.24) is 0 Å². The molecule has 0 bridgehead atoms. The first-order valence-corrected chi connectivity index (χ1v) is 17.1. The Kier molecular flexibility index (Phi) is 342. The zero-order valence-corrected chi connectivity index (χ0v) is 33.4. The van der Waals surface area contributed by atoms with Crippen molar-refractivity contribution < 1.29 is 0 Å². The Morgan fingerprint density at radius 1 is 0.474 bits per heavy atom. The van der Waals surface area contributed by atoms with E-state index in [1.54, 1.807) is 6.08 Å². The van der Waals surface area contributed by atoms with Crippen molar-refractivity contribution in [3.05, 3.63) is 25.8 Å². The van der Waals surface area contributed by atoms with E-state index >= 15 is 0 Å². The van der Waals surface area contributed by atoms with Crippen LogP contribution in [0.15, 0.2) is 25.8 Å². The minimum Gasteiger partial charge on any atom is -0.106 e. The molecule has 0 N–H and O–H groups in total. The number of unbranched alkanes of at least 4 members (excludes halogenated alkanes) is 1. The quantitative estimate of drug-likeness (QED) is 0.297. The summed E-state index contributed by atoms with van der Waals surface area (Å²) >= 11 is 0. The van der Waals surface area contributed by atoms with Crippen LogP contribution in [0.5, 0.6) is 0 Å². The van der Waals surface area contributed by atoms with Gasteiger partial charge < -0.3 is 0 Å². The number of hydrogen-bond donors (Lipinski definition) is 0. The fourth-order valence-corrected chi connectivity index (χ4v) is 1.19. The third kappa shape index (κ3) is 1000. The average Bonchev–Trinajstić information content (AvgIpc) is 2.91. The van der Waals surface area contributed by atoms with E-state index in [0.29, 0.717) is 0 Å². The molecule has 0 nitrogen and oxygen atoms in total. The van der Waals surface area contributed by atoms with Crippen LogP contribution in [0.25, 0.3) is 0 Å². The second-order valence-electron chi connectivity index (χ2n) is 8.27. The van der Waals surface area contributed by atoms with Crippen molar-refractivity contribution in [3.63, 3.8) is 0 Å². The molecule has 0 heterocycles. The fraction of sp³-hybridized carbons (Fsp3) is 0.895. The van der Waals surface area contributed by atoms with Crippen molar-refractivity contribution >= 4 is 0 Å². The van der Waals surface area contributed by atoms with Gasteiger partial charge >= 0.3 is 0 Å². The van der Waals surface area contributed by atoms with E-state index in [1.165, 1.54) is 44.9 Å². The third-order valence-electron chi connectivity index (χ3n) is 2.00. The SMILES string of the molecule is C=C.C=CC.CC.CC.CC.CC.CC.CC(C)C.CCC.CCC.CCCC(C)C.CCCCC(C)C. The first-order chi connectivity index (χ1) is 18.0. The molecule has 0 amide bonds. The van der Waals surface area contributed by atoms with E-state index in [-0.39, 0.29) is 0 Å². The van der Waals surface area contributed by atoms with Gasteiger partial charge in [-0.3, -0.25) is 0 Å². The smallest absolute Gasteiger partial charge is 0.0471 e. The second kappa shape index (κ2) is 169. The summed E-state index contributed by atoms with van der Waals surface area (Å²) in [5, 5.41) is 0. The number of rotatable bonds is 5. The molecule has 38 heavy (non-hydrogen) atoms. The van der Waals surface area contributed by atoms with Crippen molar-refractivity contribution in [1.29, 1.82) is 0 Å². The molecule has 0 spiro atoms. The normalized spacial score (nSPS) is 6.61. The molecule has 0 atom stereocenters. The first-order valence-electron chi connectivity index (χ1n) is 17.1. The maximum atomic E-state index is 3.36. The molecule has 0 aliphatic heterocycles. The van der Waals surface area contributed by atoms with Gasteiger partial charge in [0.2, 0.25) is 0 Å². The van der Waals surface area contributed by atoms with Gasteiger partial charge in [0.05, 0.1) is 0 Å². The second-order valence-corrected chi connectivity index (χ2v) is 8.27. The van der Waals surface area contributed by atoms with E-state index < -0.39 is 0 Å². The first kappa shape index (κ1) is 76.8. The monoisotopic (exact) mass is 553 g/mol. The molecule has 248 valence electrons. The van der Waals surface area contributed by atoms with Gasteiger partial charge in [0.25, 0.3) is 0 Å². The van der Waals surface area contributed by atoms with Crippen molar-refractivity contribution in [2.24, 2.45) is 17.8 Å². The predicted molar refractivity (Wildman–Crippen MR) is 200 cm³/mol. The summed E-state index contributed by atoms with van der Waals surface area (Å²) in [6.45, 7) is 59.8. The van der Waals surface area contributed by atoms with Gasteiger partial charge in [-0.05, 0) is 24.7 Å². The van der Waals surface area contributed by atoms with Crippen LogP contribution in [-0.4, -0.2) is 0 Å². The molecule has 0 fully saturated rings. The summed E-state index contributed by atoms with van der Waals surface area (Å²) in [7, 11) is 0. The molecule has 0 heteroatoms. The van der Waals surface area contributed by atoms with Crippen LogP contribution in [0.4, 0.5) is 0 Å². The average molecular weight is 553 g/mol. The Bertz CT molecular complexity index is 160. The highest BCUT2D eigenvalue weighted by molar-refractivity contribution is 4.51. The van der Waals surface area contributed by atoms with E-state index in [0.717, 1.165) is 17.8 Å². The van der Waals surface area contributed by atoms with E-state index in [2.05, 4.69) is 110 Å². The Hall–Kier alpha value is -0.520. The third-order valence-corrected chi connectivity index (χ3v) is 2.00. The van der Waals surface area contributed by atoms with Crippen molar-refractivity contribution in [2.75, 3.05) is 0 Å². The van der Waals surface area contributed by atoms with Crippen LogP contribution >= 0.6 is 0 Å². The summed E-state index contributed by atoms with van der Waals surface area (Å²) in [4.78, 5) is 0. The summed E-state index contributed by atoms with van der Waals surface area (Å²) in [5.41, 5.74) is 0. The van der Waals surface area contributed by atoms with Crippen molar-refractivity contribution in [2.45, 2.75) is 211 Å². The molecule has 0 radical (unpaired) electrons. The lowest BCUT2D eigenvalue weighted by atomic mass is 10.1. The molecular formula is C38H96.